The van der Waals surface area contributed by atoms with Crippen LogP contribution in [0.2, 0.25) is 0 Å². The van der Waals surface area contributed by atoms with Crippen molar-refractivity contribution in [1.29, 1.82) is 0 Å². The van der Waals surface area contributed by atoms with E-state index < -0.39 is 0 Å². The molecule has 0 aliphatic rings. The molecule has 10 heavy (non-hydrogen) atoms. The minimum absolute atomic E-state index is 0.363. The summed E-state index contributed by atoms with van der Waals surface area (Å²) in [7, 11) is 1.82. The normalized spacial score (nSPS) is 16.0. The zero-order chi connectivity index (χ0) is 8.15. The molecule has 0 N–H and O–H groups in total. The lowest BCUT2D eigenvalue weighted by molar-refractivity contribution is -0.119. The van der Waals surface area contributed by atoms with Gasteiger partial charge in [0, 0.05) is 13.1 Å². The maximum atomic E-state index is 10.3. The largest absolute Gasteiger partial charge is 0.345 e. The maximum Gasteiger partial charge on any atom is 0.209 e. The summed E-state index contributed by atoms with van der Waals surface area (Å²) in [4.78, 5) is 12.0. The molecule has 0 aliphatic heterocycles. The molecule has 0 spiro atoms. The summed E-state index contributed by atoms with van der Waals surface area (Å²) >= 11 is 0. The summed E-state index contributed by atoms with van der Waals surface area (Å²) in [6, 6.07) is 0.363. The molecule has 0 saturated heterocycles. The summed E-state index contributed by atoms with van der Waals surface area (Å²) < 4.78 is 0. The smallest absolute Gasteiger partial charge is 0.209 e. The Kier molecular flexibility index (Phi) is 4.08. The van der Waals surface area contributed by atoms with Gasteiger partial charge in [0.15, 0.2) is 0 Å². The van der Waals surface area contributed by atoms with Gasteiger partial charge in [-0.1, -0.05) is 20.3 Å². The molecule has 1 amide bonds. The number of rotatable bonds is 4. The van der Waals surface area contributed by atoms with Gasteiger partial charge in [-0.25, -0.2) is 0 Å². The van der Waals surface area contributed by atoms with Crippen molar-refractivity contribution in [2.45, 2.75) is 33.2 Å². The van der Waals surface area contributed by atoms with Crippen molar-refractivity contribution in [3.63, 3.8) is 0 Å². The van der Waals surface area contributed by atoms with E-state index in [0.29, 0.717) is 12.0 Å². The summed E-state index contributed by atoms with van der Waals surface area (Å²) in [5, 5.41) is 0. The molecule has 2 heteroatoms. The lowest BCUT2D eigenvalue weighted by Gasteiger charge is -2.25. The van der Waals surface area contributed by atoms with Gasteiger partial charge < -0.3 is 4.90 Å². The SMILES string of the molecule is CCC(C)C(C)N(C)C=O. The molecule has 0 aromatic rings. The lowest BCUT2D eigenvalue weighted by atomic mass is 10.0. The minimum atomic E-state index is 0.363. The van der Waals surface area contributed by atoms with E-state index in [1.807, 2.05) is 7.05 Å². The van der Waals surface area contributed by atoms with Crippen LogP contribution in [0, 0.1) is 5.92 Å². The first-order chi connectivity index (χ1) is 4.63. The average Bonchev–Trinajstić information content (AvgIpc) is 2.00. The van der Waals surface area contributed by atoms with Crippen LogP contribution in [-0.4, -0.2) is 24.4 Å². The third-order valence-corrected chi connectivity index (χ3v) is 2.28. The molecular weight excluding hydrogens is 126 g/mol. The Morgan fingerprint density at radius 1 is 1.50 bits per heavy atom. The second-order valence-corrected chi connectivity index (χ2v) is 2.90. The van der Waals surface area contributed by atoms with Gasteiger partial charge in [-0.15, -0.1) is 0 Å². The van der Waals surface area contributed by atoms with Crippen molar-refractivity contribution in [3.8, 4) is 0 Å². The Morgan fingerprint density at radius 2 is 2.00 bits per heavy atom. The standard InChI is InChI=1S/C8H17NO/c1-5-7(2)8(3)9(4)6-10/h6-8H,5H2,1-4H3. The Hall–Kier alpha value is -0.530. The summed E-state index contributed by atoms with van der Waals surface area (Å²) in [5.41, 5.74) is 0. The van der Waals surface area contributed by atoms with E-state index in [1.165, 1.54) is 0 Å². The van der Waals surface area contributed by atoms with Crippen molar-refractivity contribution in [2.75, 3.05) is 7.05 Å². The highest BCUT2D eigenvalue weighted by Crippen LogP contribution is 2.10. The molecule has 0 heterocycles. The first kappa shape index (κ1) is 9.47. The van der Waals surface area contributed by atoms with Gasteiger partial charge in [0.1, 0.15) is 0 Å². The van der Waals surface area contributed by atoms with E-state index in [9.17, 15) is 4.79 Å². The van der Waals surface area contributed by atoms with Crippen LogP contribution in [0.1, 0.15) is 27.2 Å². The Labute approximate surface area is 63.2 Å². The van der Waals surface area contributed by atoms with E-state index in [1.54, 1.807) is 4.90 Å². The minimum Gasteiger partial charge on any atom is -0.345 e. The summed E-state index contributed by atoms with van der Waals surface area (Å²) in [6.45, 7) is 6.37. The highest BCUT2D eigenvalue weighted by molar-refractivity contribution is 5.46. The molecule has 0 saturated carbocycles. The molecule has 0 aromatic heterocycles. The first-order valence-electron chi connectivity index (χ1n) is 3.80. The topological polar surface area (TPSA) is 20.3 Å². The van der Waals surface area contributed by atoms with Gasteiger partial charge in [-0.2, -0.15) is 0 Å². The van der Waals surface area contributed by atoms with Crippen LogP contribution in [0.15, 0.2) is 0 Å². The molecule has 0 radical (unpaired) electrons. The molecule has 60 valence electrons. The zero-order valence-electron chi connectivity index (χ0n) is 7.29. The van der Waals surface area contributed by atoms with Crippen molar-refractivity contribution in [3.05, 3.63) is 0 Å². The number of carbonyl (C=O) groups excluding carboxylic acids is 1. The van der Waals surface area contributed by atoms with Gasteiger partial charge in [0.25, 0.3) is 0 Å². The van der Waals surface area contributed by atoms with Crippen molar-refractivity contribution in [1.82, 2.24) is 4.90 Å². The zero-order valence-corrected chi connectivity index (χ0v) is 7.29. The number of amides is 1. The number of hydrogen-bond donors (Lipinski definition) is 0. The Bertz CT molecular complexity index is 103. The monoisotopic (exact) mass is 143 g/mol. The van der Waals surface area contributed by atoms with Gasteiger partial charge in [0.05, 0.1) is 0 Å². The van der Waals surface area contributed by atoms with Gasteiger partial charge in [-0.3, -0.25) is 4.79 Å². The molecule has 2 nitrogen and oxygen atoms in total. The predicted molar refractivity (Wildman–Crippen MR) is 42.7 cm³/mol. The highest BCUT2D eigenvalue weighted by atomic mass is 16.1. The molecular formula is C8H17NO. The second-order valence-electron chi connectivity index (χ2n) is 2.90. The van der Waals surface area contributed by atoms with Gasteiger partial charge >= 0.3 is 0 Å². The van der Waals surface area contributed by atoms with E-state index in [0.717, 1.165) is 12.8 Å². The van der Waals surface area contributed by atoms with E-state index in [-0.39, 0.29) is 0 Å². The summed E-state index contributed by atoms with van der Waals surface area (Å²) in [6.07, 6.45) is 2.01. The van der Waals surface area contributed by atoms with Crippen molar-refractivity contribution < 1.29 is 4.79 Å². The lowest BCUT2D eigenvalue weighted by Crippen LogP contribution is -2.32. The van der Waals surface area contributed by atoms with Crippen LogP contribution in [0.4, 0.5) is 0 Å². The Balaban J connectivity index is 3.80. The third kappa shape index (κ3) is 2.38. The van der Waals surface area contributed by atoms with Crippen LogP contribution in [0.5, 0.6) is 0 Å². The molecule has 0 aliphatic carbocycles. The summed E-state index contributed by atoms with van der Waals surface area (Å²) in [5.74, 6) is 0.593. The quantitative estimate of drug-likeness (QED) is 0.546. The number of carbonyl (C=O) groups is 1. The maximum absolute atomic E-state index is 10.3. The molecule has 0 fully saturated rings. The van der Waals surface area contributed by atoms with E-state index >= 15 is 0 Å². The molecule has 2 unspecified atom stereocenters. The van der Waals surface area contributed by atoms with Gasteiger partial charge in [0.2, 0.25) is 6.41 Å². The average molecular weight is 143 g/mol. The molecule has 0 aromatic carbocycles. The van der Waals surface area contributed by atoms with Crippen LogP contribution in [0.3, 0.4) is 0 Å². The fraction of sp³-hybridized carbons (Fsp3) is 0.875. The van der Waals surface area contributed by atoms with Gasteiger partial charge in [-0.05, 0) is 12.8 Å². The molecule has 2 atom stereocenters. The Morgan fingerprint density at radius 3 is 2.30 bits per heavy atom. The van der Waals surface area contributed by atoms with Crippen molar-refractivity contribution >= 4 is 6.41 Å². The van der Waals surface area contributed by atoms with Crippen LogP contribution in [-0.2, 0) is 4.79 Å². The number of hydrogen-bond acceptors (Lipinski definition) is 1. The number of nitrogens with zero attached hydrogens (tertiary/aromatic N) is 1. The second kappa shape index (κ2) is 4.31. The van der Waals surface area contributed by atoms with Crippen LogP contribution >= 0.6 is 0 Å². The van der Waals surface area contributed by atoms with E-state index in [4.69, 9.17) is 0 Å². The molecule has 0 rings (SSSR count). The highest BCUT2D eigenvalue weighted by Gasteiger charge is 2.12. The van der Waals surface area contributed by atoms with Crippen molar-refractivity contribution in [2.24, 2.45) is 5.92 Å². The van der Waals surface area contributed by atoms with E-state index in [2.05, 4.69) is 20.8 Å². The fourth-order valence-electron chi connectivity index (χ4n) is 0.839. The predicted octanol–water partition coefficient (Wildman–Crippen LogP) is 1.51. The fourth-order valence-corrected chi connectivity index (χ4v) is 0.839. The molecule has 0 bridgehead atoms. The van der Waals surface area contributed by atoms with Crippen LogP contribution < -0.4 is 0 Å². The first-order valence-corrected chi connectivity index (χ1v) is 3.80. The third-order valence-electron chi connectivity index (χ3n) is 2.28. The van der Waals surface area contributed by atoms with Crippen LogP contribution in [0.25, 0.3) is 0 Å².